The second kappa shape index (κ2) is 6.28. The predicted octanol–water partition coefficient (Wildman–Crippen LogP) is 3.97. The monoisotopic (exact) mass is 356 g/mol. The van der Waals surface area contributed by atoms with Gasteiger partial charge in [0.15, 0.2) is 0 Å². The largest absolute Gasteiger partial charge is 0.389 e. The maximum atomic E-state index is 13.5. The maximum absolute atomic E-state index is 13.5. The first-order chi connectivity index (χ1) is 9.47. The second-order valence-corrected chi connectivity index (χ2v) is 5.44. The Kier molecular flexibility index (Phi) is 4.67. The number of nitrogens with two attached hydrogens (primary N) is 1. The lowest BCUT2D eigenvalue weighted by atomic mass is 10.2. The molecular weight excluding hydrogens is 346 g/mol. The molecule has 0 spiro atoms. The molecule has 0 heterocycles. The van der Waals surface area contributed by atoms with Gasteiger partial charge in [0.2, 0.25) is 0 Å². The van der Waals surface area contributed by atoms with E-state index in [1.807, 2.05) is 0 Å². The first-order valence-corrected chi connectivity index (χ1v) is 6.94. The average molecular weight is 357 g/mol. The van der Waals surface area contributed by atoms with Crippen LogP contribution in [0.5, 0.6) is 0 Å². The molecule has 0 unspecified atom stereocenters. The number of nitrogens with one attached hydrogen (secondary N) is 1. The third-order valence-electron chi connectivity index (χ3n) is 2.73. The fourth-order valence-corrected chi connectivity index (χ4v) is 2.60. The minimum atomic E-state index is -0.465. The van der Waals surface area contributed by atoms with Crippen molar-refractivity contribution < 1.29 is 8.78 Å². The molecule has 2 aromatic rings. The van der Waals surface area contributed by atoms with Gasteiger partial charge in [-0.1, -0.05) is 12.2 Å². The highest BCUT2D eigenvalue weighted by Crippen LogP contribution is 2.22. The van der Waals surface area contributed by atoms with E-state index in [0.29, 0.717) is 4.99 Å². The van der Waals surface area contributed by atoms with Crippen LogP contribution in [0, 0.1) is 11.6 Å². The Balaban J connectivity index is 2.13. The van der Waals surface area contributed by atoms with Crippen molar-refractivity contribution in [1.82, 2.24) is 0 Å². The Morgan fingerprint density at radius 1 is 1.20 bits per heavy atom. The van der Waals surface area contributed by atoms with Crippen molar-refractivity contribution in [2.75, 3.05) is 5.32 Å². The Morgan fingerprint density at radius 2 is 1.95 bits per heavy atom. The first-order valence-electron chi connectivity index (χ1n) is 5.74. The van der Waals surface area contributed by atoms with Crippen LogP contribution in [0.15, 0.2) is 40.9 Å². The number of hydrogen-bond donors (Lipinski definition) is 2. The van der Waals surface area contributed by atoms with Crippen molar-refractivity contribution in [3.05, 3.63) is 63.6 Å². The number of anilines is 1. The van der Waals surface area contributed by atoms with Gasteiger partial charge in [0.05, 0.1) is 0 Å². The minimum absolute atomic E-state index is 0.183. The van der Waals surface area contributed by atoms with Gasteiger partial charge < -0.3 is 11.1 Å². The molecule has 0 aliphatic heterocycles. The lowest BCUT2D eigenvalue weighted by Crippen LogP contribution is -2.10. The van der Waals surface area contributed by atoms with Crippen molar-refractivity contribution in [1.29, 1.82) is 0 Å². The molecular formula is C14H11BrF2N2S. The summed E-state index contributed by atoms with van der Waals surface area (Å²) in [4.78, 5) is 0.291. The summed E-state index contributed by atoms with van der Waals surface area (Å²) in [5.41, 5.74) is 7.29. The average Bonchev–Trinajstić information content (AvgIpc) is 2.39. The highest BCUT2D eigenvalue weighted by atomic mass is 79.9. The molecule has 0 saturated heterocycles. The molecule has 2 rings (SSSR count). The third kappa shape index (κ3) is 3.52. The third-order valence-corrected chi connectivity index (χ3v) is 3.60. The molecule has 0 aliphatic rings. The van der Waals surface area contributed by atoms with Gasteiger partial charge in [-0.2, -0.15) is 0 Å². The van der Waals surface area contributed by atoms with Crippen molar-refractivity contribution in [2.24, 2.45) is 5.73 Å². The molecule has 0 bridgehead atoms. The van der Waals surface area contributed by atoms with E-state index >= 15 is 0 Å². The Hall–Kier alpha value is -1.53. The zero-order chi connectivity index (χ0) is 14.7. The van der Waals surface area contributed by atoms with E-state index in [0.717, 1.165) is 27.9 Å². The van der Waals surface area contributed by atoms with Crippen LogP contribution < -0.4 is 11.1 Å². The van der Waals surface area contributed by atoms with E-state index in [9.17, 15) is 8.78 Å². The van der Waals surface area contributed by atoms with Gasteiger partial charge in [-0.25, -0.2) is 8.78 Å². The molecule has 2 aromatic carbocycles. The Labute approximate surface area is 129 Å². The van der Waals surface area contributed by atoms with E-state index in [-0.39, 0.29) is 12.1 Å². The molecule has 0 amide bonds. The van der Waals surface area contributed by atoms with Gasteiger partial charge in [-0.15, -0.1) is 0 Å². The summed E-state index contributed by atoms with van der Waals surface area (Å²) < 4.78 is 27.3. The van der Waals surface area contributed by atoms with E-state index in [1.54, 1.807) is 18.2 Å². The van der Waals surface area contributed by atoms with E-state index in [1.165, 1.54) is 6.07 Å². The number of benzene rings is 2. The normalized spacial score (nSPS) is 10.3. The molecule has 20 heavy (non-hydrogen) atoms. The van der Waals surface area contributed by atoms with E-state index < -0.39 is 11.6 Å². The number of rotatable bonds is 4. The van der Waals surface area contributed by atoms with Crippen LogP contribution in [0.4, 0.5) is 14.5 Å². The Morgan fingerprint density at radius 3 is 2.60 bits per heavy atom. The summed E-state index contributed by atoms with van der Waals surface area (Å²) in [6.45, 7) is 0.183. The lowest BCUT2D eigenvalue weighted by molar-refractivity contribution is 0.587. The van der Waals surface area contributed by atoms with Crippen LogP contribution in [0.3, 0.4) is 0 Å². The zero-order valence-electron chi connectivity index (χ0n) is 10.3. The molecule has 104 valence electrons. The topological polar surface area (TPSA) is 38.0 Å². The molecule has 0 aliphatic carbocycles. The summed E-state index contributed by atoms with van der Waals surface area (Å²) in [6.07, 6.45) is 0. The van der Waals surface area contributed by atoms with Crippen LogP contribution >= 0.6 is 28.1 Å². The van der Waals surface area contributed by atoms with Gasteiger partial charge in [0, 0.05) is 27.8 Å². The summed E-state index contributed by atoms with van der Waals surface area (Å²) in [7, 11) is 0. The quantitative estimate of drug-likeness (QED) is 0.814. The van der Waals surface area contributed by atoms with Gasteiger partial charge in [0.25, 0.3) is 0 Å². The fraction of sp³-hybridized carbons (Fsp3) is 0.0714. The van der Waals surface area contributed by atoms with Crippen molar-refractivity contribution in [3.8, 4) is 0 Å². The molecule has 6 heteroatoms. The first kappa shape index (κ1) is 14.9. The summed E-state index contributed by atoms with van der Waals surface area (Å²) in [6, 6.07) is 8.68. The minimum Gasteiger partial charge on any atom is -0.389 e. The number of hydrogen-bond acceptors (Lipinski definition) is 2. The maximum Gasteiger partial charge on any atom is 0.128 e. The molecule has 0 aromatic heterocycles. The predicted molar refractivity (Wildman–Crippen MR) is 83.7 cm³/mol. The zero-order valence-corrected chi connectivity index (χ0v) is 12.7. The second-order valence-electron chi connectivity index (χ2n) is 4.15. The van der Waals surface area contributed by atoms with Crippen LogP contribution in [0.1, 0.15) is 11.1 Å². The Bertz CT molecular complexity index is 662. The van der Waals surface area contributed by atoms with Gasteiger partial charge in [-0.3, -0.25) is 0 Å². The van der Waals surface area contributed by atoms with Crippen molar-refractivity contribution in [3.63, 3.8) is 0 Å². The van der Waals surface area contributed by atoms with Gasteiger partial charge in [-0.05, 0) is 52.3 Å². The highest BCUT2D eigenvalue weighted by Gasteiger charge is 2.06. The molecule has 0 radical (unpaired) electrons. The SMILES string of the molecule is NC(=S)c1ccc(NCc2cc(F)ccc2F)cc1Br. The van der Waals surface area contributed by atoms with Gasteiger partial charge >= 0.3 is 0 Å². The van der Waals surface area contributed by atoms with E-state index in [2.05, 4.69) is 21.2 Å². The van der Waals surface area contributed by atoms with Crippen LogP contribution in [-0.4, -0.2) is 4.99 Å². The van der Waals surface area contributed by atoms with E-state index in [4.69, 9.17) is 18.0 Å². The van der Waals surface area contributed by atoms with Gasteiger partial charge in [0.1, 0.15) is 16.6 Å². The van der Waals surface area contributed by atoms with Crippen molar-refractivity contribution >= 4 is 38.8 Å². The van der Waals surface area contributed by atoms with Crippen LogP contribution in [0.2, 0.25) is 0 Å². The standard InChI is InChI=1S/C14H11BrF2N2S/c15-12-6-10(2-3-11(12)14(18)20)19-7-8-5-9(16)1-4-13(8)17/h1-6,19H,7H2,(H2,18,20). The molecule has 0 atom stereocenters. The molecule has 0 fully saturated rings. The molecule has 2 nitrogen and oxygen atoms in total. The van der Waals surface area contributed by atoms with Crippen molar-refractivity contribution in [2.45, 2.75) is 6.54 Å². The highest BCUT2D eigenvalue weighted by molar-refractivity contribution is 9.10. The molecule has 3 N–H and O–H groups in total. The van der Waals surface area contributed by atoms with Crippen LogP contribution in [0.25, 0.3) is 0 Å². The fourth-order valence-electron chi connectivity index (χ4n) is 1.70. The van der Waals surface area contributed by atoms with Crippen LogP contribution in [-0.2, 0) is 6.54 Å². The summed E-state index contributed by atoms with van der Waals surface area (Å²) in [5, 5.41) is 3.02. The summed E-state index contributed by atoms with van der Waals surface area (Å²) in [5.74, 6) is -0.911. The number of thiocarbonyl (C=S) groups is 1. The smallest absolute Gasteiger partial charge is 0.128 e. The molecule has 0 saturated carbocycles. The lowest BCUT2D eigenvalue weighted by Gasteiger charge is -2.10. The number of halogens is 3. The summed E-state index contributed by atoms with van der Waals surface area (Å²) >= 11 is 8.26.